The van der Waals surface area contributed by atoms with Gasteiger partial charge in [0.25, 0.3) is 0 Å². The minimum atomic E-state index is 0.204. The number of hydrogen-bond acceptors (Lipinski definition) is 1. The van der Waals surface area contributed by atoms with E-state index in [1.807, 2.05) is 44.2 Å². The summed E-state index contributed by atoms with van der Waals surface area (Å²) in [6.45, 7) is 4.00. The Bertz CT molecular complexity index is 254. The Labute approximate surface area is 89.9 Å². The Hall–Kier alpha value is -0.760. The zero-order valence-electron chi connectivity index (χ0n) is 9.41. The molecule has 0 spiro atoms. The van der Waals surface area contributed by atoms with E-state index in [9.17, 15) is 4.79 Å². The molecule has 0 amide bonds. The van der Waals surface area contributed by atoms with Crippen LogP contribution in [0.3, 0.4) is 0 Å². The molecule has 0 aliphatic heterocycles. The number of Topliss-reactive ketones (excluding diaryl/α,β-unsaturated/α-hetero) is 1. The van der Waals surface area contributed by atoms with Gasteiger partial charge in [0.2, 0.25) is 5.78 Å². The normalized spacial score (nSPS) is 9.21. The maximum absolute atomic E-state index is 11.5. The molecule has 1 aromatic rings. The van der Waals surface area contributed by atoms with Crippen LogP contribution in [0.1, 0.15) is 24.2 Å². The predicted octanol–water partition coefficient (Wildman–Crippen LogP) is 2.77. The summed E-state index contributed by atoms with van der Waals surface area (Å²) in [4.78, 5) is 11.5. The summed E-state index contributed by atoms with van der Waals surface area (Å²) in [6.07, 6.45) is 4.17. The van der Waals surface area contributed by atoms with Crippen LogP contribution in [0.4, 0.5) is 0 Å². The molecule has 0 fully saturated rings. The number of hydrogen-bond donors (Lipinski definition) is 0. The number of carbonyl (C=O) groups excluding carboxylic acids is 1. The van der Waals surface area contributed by atoms with Crippen LogP contribution in [0, 0.1) is 0 Å². The third kappa shape index (κ3) is 5.07. The summed E-state index contributed by atoms with van der Waals surface area (Å²) in [5, 5.41) is 0. The van der Waals surface area contributed by atoms with Crippen molar-refractivity contribution in [3.63, 3.8) is 0 Å². The van der Waals surface area contributed by atoms with Gasteiger partial charge in [0.05, 0.1) is 12.5 Å². The van der Waals surface area contributed by atoms with Crippen molar-refractivity contribution in [3.8, 4) is 0 Å². The zero-order chi connectivity index (χ0) is 11.0. The predicted molar refractivity (Wildman–Crippen MR) is 66.2 cm³/mol. The quantitative estimate of drug-likeness (QED) is 0.555. The van der Waals surface area contributed by atoms with E-state index >= 15 is 0 Å². The topological polar surface area (TPSA) is 17.1 Å². The molecular weight excluding hydrogens is 192 g/mol. The average Bonchev–Trinajstić information content (AvgIpc) is 2.21. The van der Waals surface area contributed by atoms with E-state index in [1.165, 1.54) is 0 Å². The molecule has 0 N–H and O–H groups in total. The van der Waals surface area contributed by atoms with Gasteiger partial charge in [0, 0.05) is 5.56 Å². The molecule has 1 rings (SSSR count). The average molecular weight is 211 g/mol. The van der Waals surface area contributed by atoms with E-state index < -0.39 is 0 Å². The first-order valence-electron chi connectivity index (χ1n) is 4.82. The van der Waals surface area contributed by atoms with Crippen LogP contribution in [0.5, 0.6) is 0 Å². The summed E-state index contributed by atoms with van der Waals surface area (Å²) in [5.74, 6) is 0.924. The van der Waals surface area contributed by atoms with Gasteiger partial charge in [0.15, 0.2) is 5.75 Å². The summed E-state index contributed by atoms with van der Waals surface area (Å²) >= 11 is 0. The Morgan fingerprint density at radius 2 is 1.64 bits per heavy atom. The maximum Gasteiger partial charge on any atom is 0.211 e. The first-order valence-corrected chi connectivity index (χ1v) is 7.03. The van der Waals surface area contributed by atoms with Gasteiger partial charge in [-0.2, -0.15) is 0 Å². The lowest BCUT2D eigenvalue weighted by Crippen LogP contribution is -2.13. The molecule has 0 aliphatic rings. The first-order chi connectivity index (χ1) is 6.70. The van der Waals surface area contributed by atoms with Gasteiger partial charge >= 0.3 is 0 Å². The fraction of sp³-hybridized carbons (Fsp3) is 0.417. The molecular formula is C12H19OS+. The van der Waals surface area contributed by atoms with Gasteiger partial charge in [-0.25, -0.2) is 0 Å². The highest BCUT2D eigenvalue weighted by molar-refractivity contribution is 7.96. The first kappa shape index (κ1) is 13.2. The van der Waals surface area contributed by atoms with Gasteiger partial charge < -0.3 is 0 Å². The van der Waals surface area contributed by atoms with E-state index in [2.05, 4.69) is 12.5 Å². The van der Waals surface area contributed by atoms with Crippen LogP contribution in [-0.4, -0.2) is 24.0 Å². The molecule has 0 heterocycles. The zero-order valence-corrected chi connectivity index (χ0v) is 10.2. The van der Waals surface area contributed by atoms with Crippen LogP contribution in [0.25, 0.3) is 0 Å². The van der Waals surface area contributed by atoms with Gasteiger partial charge in [-0.15, -0.1) is 0 Å². The Kier molecular flexibility index (Phi) is 7.21. The summed E-state index contributed by atoms with van der Waals surface area (Å²) in [6, 6.07) is 9.46. The van der Waals surface area contributed by atoms with E-state index in [0.29, 0.717) is 5.75 Å². The highest BCUT2D eigenvalue weighted by atomic mass is 32.2. The largest absolute Gasteiger partial charge is 0.289 e. The lowest BCUT2D eigenvalue weighted by molar-refractivity contribution is 0.102. The van der Waals surface area contributed by atoms with Crippen molar-refractivity contribution in [2.75, 3.05) is 18.3 Å². The van der Waals surface area contributed by atoms with Crippen molar-refractivity contribution in [3.05, 3.63) is 35.9 Å². The third-order valence-corrected chi connectivity index (χ3v) is 2.36. The molecule has 14 heavy (non-hydrogen) atoms. The number of benzene rings is 1. The highest BCUT2D eigenvalue weighted by Gasteiger charge is 2.12. The maximum atomic E-state index is 11.5. The van der Waals surface area contributed by atoms with Crippen molar-refractivity contribution >= 4 is 16.7 Å². The monoisotopic (exact) mass is 211 g/mol. The molecule has 78 valence electrons. The Morgan fingerprint density at radius 3 is 2.07 bits per heavy atom. The minimum absolute atomic E-state index is 0.204. The lowest BCUT2D eigenvalue weighted by atomic mass is 10.2. The van der Waals surface area contributed by atoms with Crippen molar-refractivity contribution in [1.29, 1.82) is 0 Å². The standard InChI is InChI=1S/C10H13OS.C2H6/c1-12(2)8-10(11)9-6-4-3-5-7-9;1-2/h3-7H,8H2,1-2H3;1-2H3/q+1;. The van der Waals surface area contributed by atoms with E-state index in [0.717, 1.165) is 5.56 Å². The van der Waals surface area contributed by atoms with E-state index in [1.54, 1.807) is 0 Å². The second-order valence-electron chi connectivity index (χ2n) is 2.92. The molecule has 0 saturated carbocycles. The van der Waals surface area contributed by atoms with Crippen molar-refractivity contribution in [2.45, 2.75) is 13.8 Å². The molecule has 0 saturated heterocycles. The molecule has 0 bridgehead atoms. The van der Waals surface area contributed by atoms with Crippen LogP contribution in [0.15, 0.2) is 30.3 Å². The Morgan fingerprint density at radius 1 is 1.14 bits per heavy atom. The summed E-state index contributed by atoms with van der Waals surface area (Å²) < 4.78 is 0. The summed E-state index contributed by atoms with van der Waals surface area (Å²) in [7, 11) is 0.204. The Balaban J connectivity index is 0.000000791. The second kappa shape index (κ2) is 7.63. The molecule has 2 heteroatoms. The fourth-order valence-electron chi connectivity index (χ4n) is 0.970. The molecule has 0 radical (unpaired) electrons. The van der Waals surface area contributed by atoms with Crippen LogP contribution in [-0.2, 0) is 10.9 Å². The molecule has 1 nitrogen and oxygen atoms in total. The van der Waals surface area contributed by atoms with Crippen LogP contribution >= 0.6 is 0 Å². The fourth-order valence-corrected chi connectivity index (χ4v) is 1.66. The van der Waals surface area contributed by atoms with Gasteiger partial charge in [-0.05, 0) is 10.9 Å². The lowest BCUT2D eigenvalue weighted by Gasteiger charge is -1.97. The van der Waals surface area contributed by atoms with Gasteiger partial charge in [-0.1, -0.05) is 44.2 Å². The molecule has 0 aromatic heterocycles. The SMILES string of the molecule is CC.C[S+](C)CC(=O)c1ccccc1. The minimum Gasteiger partial charge on any atom is -0.289 e. The van der Waals surface area contributed by atoms with Crippen molar-refractivity contribution < 1.29 is 4.79 Å². The molecule has 1 aromatic carbocycles. The smallest absolute Gasteiger partial charge is 0.211 e. The highest BCUT2D eigenvalue weighted by Crippen LogP contribution is 2.01. The van der Waals surface area contributed by atoms with Gasteiger partial charge in [-0.3, -0.25) is 4.79 Å². The third-order valence-electron chi connectivity index (χ3n) is 1.52. The van der Waals surface area contributed by atoms with Crippen LogP contribution in [0.2, 0.25) is 0 Å². The van der Waals surface area contributed by atoms with E-state index in [-0.39, 0.29) is 16.7 Å². The number of ketones is 1. The number of rotatable bonds is 3. The van der Waals surface area contributed by atoms with Crippen molar-refractivity contribution in [2.24, 2.45) is 0 Å². The molecule has 0 unspecified atom stereocenters. The van der Waals surface area contributed by atoms with Gasteiger partial charge in [0.1, 0.15) is 0 Å². The van der Waals surface area contributed by atoms with Crippen molar-refractivity contribution in [1.82, 2.24) is 0 Å². The molecule has 0 atom stereocenters. The number of carbonyl (C=O) groups is 1. The molecule has 0 aliphatic carbocycles. The van der Waals surface area contributed by atoms with Crippen LogP contribution < -0.4 is 0 Å². The second-order valence-corrected chi connectivity index (χ2v) is 5.18. The summed E-state index contributed by atoms with van der Waals surface area (Å²) in [5.41, 5.74) is 0.832. The van der Waals surface area contributed by atoms with E-state index in [4.69, 9.17) is 0 Å².